The fourth-order valence-electron chi connectivity index (χ4n) is 1.37. The Morgan fingerprint density at radius 1 is 1.25 bits per heavy atom. The van der Waals surface area contributed by atoms with Crippen molar-refractivity contribution in [3.05, 3.63) is 0 Å². The number of nitrogens with two attached hydrogens (primary N) is 1. The molecule has 2 nitrogen and oxygen atoms in total. The van der Waals surface area contributed by atoms with Crippen LogP contribution in [0.3, 0.4) is 0 Å². The van der Waals surface area contributed by atoms with Crippen molar-refractivity contribution in [1.29, 1.82) is 0 Å². The Morgan fingerprint density at radius 2 is 1.92 bits per heavy atom. The molecule has 0 saturated carbocycles. The van der Waals surface area contributed by atoms with Crippen LogP contribution in [0.1, 0.15) is 52.4 Å². The first kappa shape index (κ1) is 11.5. The molecule has 0 fully saturated rings. The molecular weight excluding hydrogens is 150 g/mol. The summed E-state index contributed by atoms with van der Waals surface area (Å²) in [7, 11) is 0. The molecule has 0 radical (unpaired) electrons. The fraction of sp³-hybridized carbons (Fsp3) is 0.900. The molecule has 0 aromatic rings. The summed E-state index contributed by atoms with van der Waals surface area (Å²) in [5.41, 5.74) is 5.22. The van der Waals surface area contributed by atoms with Crippen molar-refractivity contribution in [3.8, 4) is 0 Å². The summed E-state index contributed by atoms with van der Waals surface area (Å²) in [4.78, 5) is 10.8. The normalized spacial score (nSPS) is 12.8. The highest BCUT2D eigenvalue weighted by Crippen LogP contribution is 2.13. The summed E-state index contributed by atoms with van der Waals surface area (Å²) < 4.78 is 0. The third-order valence-electron chi connectivity index (χ3n) is 2.30. The molecule has 0 aliphatic rings. The molecule has 72 valence electrons. The lowest BCUT2D eigenvalue weighted by molar-refractivity contribution is -0.122. The van der Waals surface area contributed by atoms with Crippen LogP contribution in [0.4, 0.5) is 0 Å². The van der Waals surface area contributed by atoms with E-state index in [4.69, 9.17) is 5.73 Å². The van der Waals surface area contributed by atoms with E-state index in [0.717, 1.165) is 19.3 Å². The van der Waals surface area contributed by atoms with E-state index >= 15 is 0 Å². The predicted molar refractivity (Wildman–Crippen MR) is 51.7 cm³/mol. The van der Waals surface area contributed by atoms with Crippen molar-refractivity contribution < 1.29 is 4.79 Å². The molecule has 0 aliphatic heterocycles. The number of unbranched alkanes of at least 4 members (excludes halogenated alkanes) is 3. The molecule has 0 heterocycles. The van der Waals surface area contributed by atoms with Crippen LogP contribution in [0.25, 0.3) is 0 Å². The molecular formula is C10H21NO. The maximum atomic E-state index is 10.8. The van der Waals surface area contributed by atoms with Crippen LogP contribution in [0.2, 0.25) is 0 Å². The third-order valence-corrected chi connectivity index (χ3v) is 2.30. The van der Waals surface area contributed by atoms with Gasteiger partial charge >= 0.3 is 0 Å². The van der Waals surface area contributed by atoms with Crippen LogP contribution in [0.15, 0.2) is 0 Å². The maximum absolute atomic E-state index is 10.8. The Bertz CT molecular complexity index is 123. The SMILES string of the molecule is CCCCCC[C@H](CC)C(N)=O. The number of rotatable bonds is 7. The van der Waals surface area contributed by atoms with Gasteiger partial charge in [-0.3, -0.25) is 4.79 Å². The Hall–Kier alpha value is -0.530. The quantitative estimate of drug-likeness (QED) is 0.587. The number of carbonyl (C=O) groups is 1. The average Bonchev–Trinajstić information content (AvgIpc) is 2.04. The number of amides is 1. The largest absolute Gasteiger partial charge is 0.369 e. The predicted octanol–water partition coefficient (Wildman–Crippen LogP) is 2.47. The first-order valence-corrected chi connectivity index (χ1v) is 5.01. The summed E-state index contributed by atoms with van der Waals surface area (Å²) in [5.74, 6) is -0.0177. The summed E-state index contributed by atoms with van der Waals surface area (Å²) in [6.07, 6.45) is 6.77. The minimum absolute atomic E-state index is 0.113. The van der Waals surface area contributed by atoms with E-state index in [0.29, 0.717) is 0 Å². The van der Waals surface area contributed by atoms with E-state index in [1.54, 1.807) is 0 Å². The van der Waals surface area contributed by atoms with Crippen molar-refractivity contribution in [2.24, 2.45) is 11.7 Å². The first-order valence-electron chi connectivity index (χ1n) is 5.01. The fourth-order valence-corrected chi connectivity index (χ4v) is 1.37. The molecule has 1 atom stereocenters. The van der Waals surface area contributed by atoms with Crippen LogP contribution >= 0.6 is 0 Å². The van der Waals surface area contributed by atoms with Gasteiger partial charge in [0.25, 0.3) is 0 Å². The second-order valence-electron chi connectivity index (χ2n) is 3.36. The minimum atomic E-state index is -0.131. The highest BCUT2D eigenvalue weighted by molar-refractivity contribution is 5.76. The van der Waals surface area contributed by atoms with E-state index in [-0.39, 0.29) is 11.8 Å². The molecule has 0 saturated heterocycles. The average molecular weight is 171 g/mol. The van der Waals surface area contributed by atoms with Gasteiger partial charge in [-0.05, 0) is 12.8 Å². The zero-order chi connectivity index (χ0) is 9.40. The lowest BCUT2D eigenvalue weighted by Gasteiger charge is -2.09. The van der Waals surface area contributed by atoms with Crippen LogP contribution in [-0.2, 0) is 4.79 Å². The second kappa shape index (κ2) is 7.14. The van der Waals surface area contributed by atoms with Gasteiger partial charge in [-0.1, -0.05) is 39.5 Å². The molecule has 1 amide bonds. The van der Waals surface area contributed by atoms with E-state index in [9.17, 15) is 4.79 Å². The van der Waals surface area contributed by atoms with E-state index < -0.39 is 0 Å². The number of carbonyl (C=O) groups excluding carboxylic acids is 1. The minimum Gasteiger partial charge on any atom is -0.369 e. The number of primary amides is 1. The Morgan fingerprint density at radius 3 is 2.33 bits per heavy atom. The van der Waals surface area contributed by atoms with Gasteiger partial charge in [-0.2, -0.15) is 0 Å². The summed E-state index contributed by atoms with van der Waals surface area (Å²) in [6.45, 7) is 4.21. The van der Waals surface area contributed by atoms with Crippen molar-refractivity contribution in [2.75, 3.05) is 0 Å². The van der Waals surface area contributed by atoms with Crippen LogP contribution in [0.5, 0.6) is 0 Å². The van der Waals surface area contributed by atoms with Gasteiger partial charge in [0.1, 0.15) is 0 Å². The van der Waals surface area contributed by atoms with Crippen LogP contribution in [0, 0.1) is 5.92 Å². The highest BCUT2D eigenvalue weighted by atomic mass is 16.1. The molecule has 0 spiro atoms. The van der Waals surface area contributed by atoms with E-state index in [2.05, 4.69) is 6.92 Å². The topological polar surface area (TPSA) is 43.1 Å². The zero-order valence-corrected chi connectivity index (χ0v) is 8.31. The molecule has 12 heavy (non-hydrogen) atoms. The van der Waals surface area contributed by atoms with Gasteiger partial charge < -0.3 is 5.73 Å². The standard InChI is InChI=1S/C10H21NO/c1-3-5-6-7-8-9(4-2)10(11)12/h9H,3-8H2,1-2H3,(H2,11,12)/t9-/m0/s1. The number of hydrogen-bond acceptors (Lipinski definition) is 1. The molecule has 0 unspecified atom stereocenters. The van der Waals surface area contributed by atoms with Gasteiger partial charge in [0.05, 0.1) is 0 Å². The third kappa shape index (κ3) is 5.16. The summed E-state index contributed by atoms with van der Waals surface area (Å²) in [5, 5.41) is 0. The first-order chi connectivity index (χ1) is 5.72. The summed E-state index contributed by atoms with van der Waals surface area (Å²) in [6, 6.07) is 0. The van der Waals surface area contributed by atoms with Crippen LogP contribution < -0.4 is 5.73 Å². The maximum Gasteiger partial charge on any atom is 0.220 e. The van der Waals surface area contributed by atoms with E-state index in [1.807, 2.05) is 6.92 Å². The second-order valence-corrected chi connectivity index (χ2v) is 3.36. The van der Waals surface area contributed by atoms with Crippen molar-refractivity contribution in [3.63, 3.8) is 0 Å². The summed E-state index contributed by atoms with van der Waals surface area (Å²) >= 11 is 0. The molecule has 0 bridgehead atoms. The molecule has 2 N–H and O–H groups in total. The monoisotopic (exact) mass is 171 g/mol. The van der Waals surface area contributed by atoms with Gasteiger partial charge in [0.2, 0.25) is 5.91 Å². The van der Waals surface area contributed by atoms with Crippen molar-refractivity contribution in [2.45, 2.75) is 52.4 Å². The Labute approximate surface area is 75.5 Å². The molecule has 0 rings (SSSR count). The smallest absolute Gasteiger partial charge is 0.220 e. The highest BCUT2D eigenvalue weighted by Gasteiger charge is 2.11. The van der Waals surface area contributed by atoms with E-state index in [1.165, 1.54) is 19.3 Å². The van der Waals surface area contributed by atoms with Gasteiger partial charge in [-0.15, -0.1) is 0 Å². The van der Waals surface area contributed by atoms with Crippen molar-refractivity contribution in [1.82, 2.24) is 0 Å². The lowest BCUT2D eigenvalue weighted by Crippen LogP contribution is -2.22. The van der Waals surface area contributed by atoms with Crippen molar-refractivity contribution >= 4 is 5.91 Å². The Balaban J connectivity index is 3.38. The Kier molecular flexibility index (Phi) is 6.82. The molecule has 0 aromatic heterocycles. The van der Waals surface area contributed by atoms with Gasteiger partial charge in [0, 0.05) is 5.92 Å². The molecule has 0 aliphatic carbocycles. The molecule has 2 heteroatoms. The van der Waals surface area contributed by atoms with Gasteiger partial charge in [-0.25, -0.2) is 0 Å². The number of hydrogen-bond donors (Lipinski definition) is 1. The lowest BCUT2D eigenvalue weighted by atomic mass is 9.98. The zero-order valence-electron chi connectivity index (χ0n) is 8.31. The van der Waals surface area contributed by atoms with Crippen LogP contribution in [-0.4, -0.2) is 5.91 Å². The molecule has 0 aromatic carbocycles. The van der Waals surface area contributed by atoms with Gasteiger partial charge in [0.15, 0.2) is 0 Å².